The van der Waals surface area contributed by atoms with Crippen molar-refractivity contribution in [1.82, 2.24) is 0 Å². The zero-order valence-electron chi connectivity index (χ0n) is 20.7. The number of furan rings is 1. The number of hydrogen-bond acceptors (Lipinski definition) is 8. The Hall–Kier alpha value is -4.40. The molecule has 9 nitrogen and oxygen atoms in total. The lowest BCUT2D eigenvalue weighted by Gasteiger charge is -2.16. The predicted molar refractivity (Wildman–Crippen MR) is 134 cm³/mol. The minimum atomic E-state index is -1.06. The van der Waals surface area contributed by atoms with Crippen LogP contribution in [0.3, 0.4) is 0 Å². The van der Waals surface area contributed by atoms with E-state index in [1.54, 1.807) is 24.3 Å². The van der Waals surface area contributed by atoms with Crippen LogP contribution in [0.4, 0.5) is 5.69 Å². The molecule has 0 bridgehead atoms. The number of benzene rings is 3. The molecule has 36 heavy (non-hydrogen) atoms. The minimum Gasteiger partial charge on any atom is -0.495 e. The molecular formula is C27H27NO8. The molecule has 0 aliphatic carbocycles. The summed E-state index contributed by atoms with van der Waals surface area (Å²) in [7, 11) is 5.99. The number of carbonyl (C=O) groups is 2. The van der Waals surface area contributed by atoms with Gasteiger partial charge in [-0.25, -0.2) is 0 Å². The molecule has 0 aliphatic rings. The number of methoxy groups -OCH3 is 4. The Balaban J connectivity index is 1.47. The minimum absolute atomic E-state index is 0.0946. The molecule has 0 aliphatic heterocycles. The fraction of sp³-hybridized carbons (Fsp3) is 0.259. The smallest absolute Gasteiger partial charge is 0.311 e. The molecule has 0 radical (unpaired) electrons. The lowest BCUT2D eigenvalue weighted by molar-refractivity contribution is -0.152. The second-order valence-electron chi connectivity index (χ2n) is 7.98. The fourth-order valence-electron chi connectivity index (χ4n) is 3.95. The third kappa shape index (κ3) is 4.86. The van der Waals surface area contributed by atoms with Gasteiger partial charge in [0.1, 0.15) is 16.9 Å². The first-order valence-corrected chi connectivity index (χ1v) is 11.2. The van der Waals surface area contributed by atoms with Gasteiger partial charge in [0.05, 0.1) is 40.5 Å². The summed E-state index contributed by atoms with van der Waals surface area (Å²) in [6, 6.07) is 14.4. The van der Waals surface area contributed by atoms with Gasteiger partial charge in [-0.15, -0.1) is 0 Å². The third-order valence-corrected chi connectivity index (χ3v) is 5.71. The van der Waals surface area contributed by atoms with Gasteiger partial charge in [0.2, 0.25) is 5.75 Å². The molecule has 3 aromatic carbocycles. The van der Waals surface area contributed by atoms with Crippen LogP contribution in [-0.4, -0.2) is 46.4 Å². The summed E-state index contributed by atoms with van der Waals surface area (Å²) in [5, 5.41) is 4.57. The second kappa shape index (κ2) is 10.5. The van der Waals surface area contributed by atoms with Gasteiger partial charge in [0.25, 0.3) is 5.91 Å². The van der Waals surface area contributed by atoms with Crippen molar-refractivity contribution in [3.63, 3.8) is 0 Å². The van der Waals surface area contributed by atoms with Crippen LogP contribution in [0.25, 0.3) is 21.9 Å². The van der Waals surface area contributed by atoms with Gasteiger partial charge in [-0.2, -0.15) is 0 Å². The number of fused-ring (bicyclic) bond motifs is 3. The van der Waals surface area contributed by atoms with Crippen molar-refractivity contribution in [1.29, 1.82) is 0 Å². The largest absolute Gasteiger partial charge is 0.495 e. The van der Waals surface area contributed by atoms with Crippen LogP contribution < -0.4 is 24.3 Å². The van der Waals surface area contributed by atoms with E-state index in [0.29, 0.717) is 39.8 Å². The Morgan fingerprint density at radius 3 is 2.14 bits per heavy atom. The van der Waals surface area contributed by atoms with E-state index in [9.17, 15) is 9.59 Å². The van der Waals surface area contributed by atoms with Gasteiger partial charge in [0.15, 0.2) is 17.6 Å². The summed E-state index contributed by atoms with van der Waals surface area (Å²) < 4.78 is 32.7. The molecule has 0 saturated carbocycles. The van der Waals surface area contributed by atoms with Crippen molar-refractivity contribution in [2.24, 2.45) is 0 Å². The zero-order chi connectivity index (χ0) is 25.8. The number of nitrogens with one attached hydrogen (secondary N) is 1. The number of ether oxygens (including phenoxy) is 5. The van der Waals surface area contributed by atoms with Crippen LogP contribution in [-0.2, 0) is 20.7 Å². The Morgan fingerprint density at radius 2 is 1.50 bits per heavy atom. The van der Waals surface area contributed by atoms with Gasteiger partial charge in [0, 0.05) is 16.8 Å². The van der Waals surface area contributed by atoms with Crippen LogP contribution >= 0.6 is 0 Å². The van der Waals surface area contributed by atoms with Gasteiger partial charge in [-0.3, -0.25) is 9.59 Å². The zero-order valence-corrected chi connectivity index (χ0v) is 20.7. The molecule has 4 rings (SSSR count). The van der Waals surface area contributed by atoms with Crippen molar-refractivity contribution in [3.05, 3.63) is 54.1 Å². The van der Waals surface area contributed by atoms with E-state index in [1.807, 2.05) is 24.3 Å². The number of esters is 1. The molecular weight excluding hydrogens is 466 g/mol. The standard InChI is InChI=1S/C27H27NO8/c1-15(35-25(29)12-16-10-23(32-3)26(34-5)24(11-16)33-4)27(30)28-19-14-21-18(13-22(19)31-2)17-8-6-7-9-20(17)36-21/h6-11,13-15H,12H2,1-5H3,(H,28,30). The summed E-state index contributed by atoms with van der Waals surface area (Å²) >= 11 is 0. The molecule has 1 aromatic heterocycles. The highest BCUT2D eigenvalue weighted by Crippen LogP contribution is 2.39. The number of anilines is 1. The highest BCUT2D eigenvalue weighted by atomic mass is 16.5. The molecule has 1 N–H and O–H groups in total. The first-order valence-electron chi connectivity index (χ1n) is 11.2. The van der Waals surface area contributed by atoms with E-state index >= 15 is 0 Å². The molecule has 188 valence electrons. The van der Waals surface area contributed by atoms with E-state index in [4.69, 9.17) is 28.1 Å². The van der Waals surface area contributed by atoms with Crippen LogP contribution in [0.1, 0.15) is 12.5 Å². The van der Waals surface area contributed by atoms with Crippen molar-refractivity contribution in [2.75, 3.05) is 33.8 Å². The molecule has 0 saturated heterocycles. The Bertz CT molecular complexity index is 1400. The topological polar surface area (TPSA) is 105 Å². The van der Waals surface area contributed by atoms with Crippen LogP contribution in [0.2, 0.25) is 0 Å². The van der Waals surface area contributed by atoms with Crippen LogP contribution in [0, 0.1) is 0 Å². The number of carbonyl (C=O) groups excluding carboxylic acids is 2. The normalized spacial score (nSPS) is 11.7. The van der Waals surface area contributed by atoms with E-state index in [1.165, 1.54) is 35.4 Å². The molecule has 1 heterocycles. The maximum Gasteiger partial charge on any atom is 0.311 e. The molecule has 4 aromatic rings. The van der Waals surface area contributed by atoms with E-state index in [-0.39, 0.29) is 6.42 Å². The summed E-state index contributed by atoms with van der Waals surface area (Å²) in [4.78, 5) is 25.4. The SMILES string of the molecule is COc1cc2c(cc1NC(=O)C(C)OC(=O)Cc1cc(OC)c(OC)c(OC)c1)oc1ccccc12. The average Bonchev–Trinajstić information content (AvgIpc) is 3.24. The maximum absolute atomic E-state index is 12.8. The Morgan fingerprint density at radius 1 is 0.833 bits per heavy atom. The van der Waals surface area contributed by atoms with Gasteiger partial charge in [-0.05, 0) is 36.8 Å². The van der Waals surface area contributed by atoms with Crippen LogP contribution in [0.5, 0.6) is 23.0 Å². The van der Waals surface area contributed by atoms with E-state index in [2.05, 4.69) is 5.32 Å². The fourth-order valence-corrected chi connectivity index (χ4v) is 3.95. The lowest BCUT2D eigenvalue weighted by atomic mass is 10.1. The summed E-state index contributed by atoms with van der Waals surface area (Å²) in [5.74, 6) is 0.601. The van der Waals surface area contributed by atoms with Crippen molar-refractivity contribution in [2.45, 2.75) is 19.4 Å². The van der Waals surface area contributed by atoms with E-state index in [0.717, 1.165) is 16.4 Å². The average molecular weight is 494 g/mol. The molecule has 1 atom stereocenters. The quantitative estimate of drug-likeness (QED) is 0.334. The first kappa shape index (κ1) is 24.7. The molecule has 1 amide bonds. The highest BCUT2D eigenvalue weighted by molar-refractivity contribution is 6.08. The van der Waals surface area contributed by atoms with Gasteiger partial charge >= 0.3 is 5.97 Å². The summed E-state index contributed by atoms with van der Waals surface area (Å²) in [6.07, 6.45) is -1.15. The number of rotatable bonds is 9. The molecule has 9 heteroatoms. The van der Waals surface area contributed by atoms with Gasteiger partial charge in [-0.1, -0.05) is 18.2 Å². The van der Waals surface area contributed by atoms with Crippen molar-refractivity contribution < 1.29 is 37.7 Å². The summed E-state index contributed by atoms with van der Waals surface area (Å²) in [5.41, 5.74) is 2.31. The maximum atomic E-state index is 12.8. The highest BCUT2D eigenvalue weighted by Gasteiger charge is 2.22. The third-order valence-electron chi connectivity index (χ3n) is 5.71. The Labute approximate surface area is 207 Å². The van der Waals surface area contributed by atoms with Crippen molar-refractivity contribution in [3.8, 4) is 23.0 Å². The predicted octanol–water partition coefficient (Wildman–Crippen LogP) is 4.73. The van der Waals surface area contributed by atoms with Gasteiger partial charge < -0.3 is 33.4 Å². The second-order valence-corrected chi connectivity index (χ2v) is 7.98. The lowest BCUT2D eigenvalue weighted by Crippen LogP contribution is -2.30. The first-order chi connectivity index (χ1) is 17.4. The molecule has 1 unspecified atom stereocenters. The van der Waals surface area contributed by atoms with Crippen molar-refractivity contribution >= 4 is 39.5 Å². The Kier molecular flexibility index (Phi) is 7.19. The monoisotopic (exact) mass is 493 g/mol. The van der Waals surface area contributed by atoms with E-state index < -0.39 is 18.0 Å². The molecule has 0 fully saturated rings. The summed E-state index contributed by atoms with van der Waals surface area (Å²) in [6.45, 7) is 1.49. The number of hydrogen-bond donors (Lipinski definition) is 1. The van der Waals surface area contributed by atoms with Crippen LogP contribution in [0.15, 0.2) is 52.9 Å². The number of amides is 1. The molecule has 0 spiro atoms. The number of para-hydroxylation sites is 1.